The summed E-state index contributed by atoms with van der Waals surface area (Å²) in [6.45, 7) is 5.79. The number of carbonyl (C=O) groups excluding carboxylic acids is 1. The molecule has 0 aliphatic carbocycles. The molecule has 0 spiro atoms. The second-order valence-corrected chi connectivity index (χ2v) is 4.73. The molecule has 1 aliphatic heterocycles. The van der Waals surface area contributed by atoms with Crippen LogP contribution in [0.3, 0.4) is 0 Å². The Balaban J connectivity index is 1.79. The van der Waals surface area contributed by atoms with E-state index in [0.29, 0.717) is 19.3 Å². The molecule has 104 valence electrons. The first-order chi connectivity index (χ1) is 9.22. The SMILES string of the molecule is CCOC(=O)COCCN1c2ccccc2CC1C. The summed E-state index contributed by atoms with van der Waals surface area (Å²) in [4.78, 5) is 13.5. The third-order valence-electron chi connectivity index (χ3n) is 3.35. The normalized spacial score (nSPS) is 17.4. The van der Waals surface area contributed by atoms with Crippen molar-refractivity contribution in [2.45, 2.75) is 26.3 Å². The van der Waals surface area contributed by atoms with Gasteiger partial charge in [0, 0.05) is 18.3 Å². The van der Waals surface area contributed by atoms with E-state index in [-0.39, 0.29) is 12.6 Å². The monoisotopic (exact) mass is 263 g/mol. The van der Waals surface area contributed by atoms with Crippen LogP contribution in [0.2, 0.25) is 0 Å². The minimum Gasteiger partial charge on any atom is -0.464 e. The molecule has 1 unspecified atom stereocenters. The zero-order valence-corrected chi connectivity index (χ0v) is 11.6. The smallest absolute Gasteiger partial charge is 0.332 e. The van der Waals surface area contributed by atoms with Gasteiger partial charge in [0.15, 0.2) is 0 Å². The summed E-state index contributed by atoms with van der Waals surface area (Å²) in [6, 6.07) is 8.94. The van der Waals surface area contributed by atoms with Gasteiger partial charge in [0.05, 0.1) is 13.2 Å². The number of nitrogens with zero attached hydrogens (tertiary/aromatic N) is 1. The summed E-state index contributed by atoms with van der Waals surface area (Å²) in [6.07, 6.45) is 1.08. The van der Waals surface area contributed by atoms with E-state index in [0.717, 1.165) is 13.0 Å². The highest BCUT2D eigenvalue weighted by Crippen LogP contribution is 2.31. The number of benzene rings is 1. The lowest BCUT2D eigenvalue weighted by Crippen LogP contribution is -2.33. The fourth-order valence-corrected chi connectivity index (χ4v) is 2.49. The number of rotatable bonds is 6. The molecule has 0 fully saturated rings. The highest BCUT2D eigenvalue weighted by Gasteiger charge is 2.24. The Morgan fingerprint density at radius 1 is 1.42 bits per heavy atom. The van der Waals surface area contributed by atoms with E-state index in [9.17, 15) is 4.79 Å². The molecular weight excluding hydrogens is 242 g/mol. The lowest BCUT2D eigenvalue weighted by Gasteiger charge is -2.24. The molecule has 4 heteroatoms. The Labute approximate surface area is 114 Å². The second-order valence-electron chi connectivity index (χ2n) is 4.73. The summed E-state index contributed by atoms with van der Waals surface area (Å²) in [5, 5.41) is 0. The van der Waals surface area contributed by atoms with E-state index < -0.39 is 0 Å². The number of hydrogen-bond donors (Lipinski definition) is 0. The molecule has 1 aromatic rings. The van der Waals surface area contributed by atoms with Gasteiger partial charge in [-0.3, -0.25) is 0 Å². The molecule has 1 aliphatic rings. The van der Waals surface area contributed by atoms with Crippen LogP contribution in [0.25, 0.3) is 0 Å². The Bertz CT molecular complexity index is 433. The zero-order chi connectivity index (χ0) is 13.7. The Morgan fingerprint density at radius 2 is 2.21 bits per heavy atom. The first kappa shape index (κ1) is 13.9. The quantitative estimate of drug-likeness (QED) is 0.581. The van der Waals surface area contributed by atoms with Crippen LogP contribution in [-0.4, -0.2) is 38.4 Å². The minimum absolute atomic E-state index is 0.0394. The largest absolute Gasteiger partial charge is 0.464 e. The highest BCUT2D eigenvalue weighted by molar-refractivity contribution is 5.70. The lowest BCUT2D eigenvalue weighted by atomic mass is 10.1. The van der Waals surface area contributed by atoms with Crippen LogP contribution in [0.5, 0.6) is 0 Å². The molecule has 4 nitrogen and oxygen atoms in total. The predicted octanol–water partition coefficient (Wildman–Crippen LogP) is 2.02. The van der Waals surface area contributed by atoms with Crippen LogP contribution in [0, 0.1) is 0 Å². The highest BCUT2D eigenvalue weighted by atomic mass is 16.6. The molecule has 0 saturated heterocycles. The fourth-order valence-electron chi connectivity index (χ4n) is 2.49. The number of ether oxygens (including phenoxy) is 2. The number of anilines is 1. The van der Waals surface area contributed by atoms with Gasteiger partial charge in [-0.15, -0.1) is 0 Å². The zero-order valence-electron chi connectivity index (χ0n) is 11.6. The van der Waals surface area contributed by atoms with Crippen molar-refractivity contribution < 1.29 is 14.3 Å². The lowest BCUT2D eigenvalue weighted by molar-refractivity contribution is -0.148. The summed E-state index contributed by atoms with van der Waals surface area (Å²) < 4.78 is 10.2. The molecule has 0 radical (unpaired) electrons. The maximum Gasteiger partial charge on any atom is 0.332 e. The molecule has 1 atom stereocenters. The number of carbonyl (C=O) groups is 1. The third-order valence-corrected chi connectivity index (χ3v) is 3.35. The molecule has 0 bridgehead atoms. The van der Waals surface area contributed by atoms with Crippen LogP contribution >= 0.6 is 0 Å². The molecule has 1 heterocycles. The van der Waals surface area contributed by atoms with Crippen molar-refractivity contribution in [3.05, 3.63) is 29.8 Å². The van der Waals surface area contributed by atoms with Gasteiger partial charge in [0.2, 0.25) is 0 Å². The standard InChI is InChI=1S/C15H21NO3/c1-3-19-15(17)11-18-9-8-16-12(2)10-13-6-4-5-7-14(13)16/h4-7,12H,3,8-11H2,1-2H3. The van der Waals surface area contributed by atoms with E-state index in [1.54, 1.807) is 6.92 Å². The molecule has 1 aromatic carbocycles. The van der Waals surface area contributed by atoms with Crippen molar-refractivity contribution in [2.75, 3.05) is 31.3 Å². The van der Waals surface area contributed by atoms with E-state index in [1.165, 1.54) is 11.3 Å². The minimum atomic E-state index is -0.294. The first-order valence-corrected chi connectivity index (χ1v) is 6.80. The summed E-state index contributed by atoms with van der Waals surface area (Å²) >= 11 is 0. The van der Waals surface area contributed by atoms with Crippen LogP contribution in [0.15, 0.2) is 24.3 Å². The van der Waals surface area contributed by atoms with Crippen molar-refractivity contribution in [3.63, 3.8) is 0 Å². The first-order valence-electron chi connectivity index (χ1n) is 6.80. The van der Waals surface area contributed by atoms with Gasteiger partial charge < -0.3 is 14.4 Å². The van der Waals surface area contributed by atoms with Gasteiger partial charge >= 0.3 is 5.97 Å². The Hall–Kier alpha value is -1.55. The van der Waals surface area contributed by atoms with Crippen molar-refractivity contribution in [1.82, 2.24) is 0 Å². The second kappa shape index (κ2) is 6.57. The topological polar surface area (TPSA) is 38.8 Å². The number of para-hydroxylation sites is 1. The molecule has 0 saturated carbocycles. The van der Waals surface area contributed by atoms with Gasteiger partial charge in [-0.1, -0.05) is 18.2 Å². The Kier molecular flexibility index (Phi) is 4.80. The molecule has 0 aromatic heterocycles. The number of esters is 1. The summed E-state index contributed by atoms with van der Waals surface area (Å²) in [5.41, 5.74) is 2.68. The van der Waals surface area contributed by atoms with E-state index in [1.807, 2.05) is 0 Å². The van der Waals surface area contributed by atoms with E-state index in [2.05, 4.69) is 36.1 Å². The summed E-state index contributed by atoms with van der Waals surface area (Å²) in [5.74, 6) is -0.294. The van der Waals surface area contributed by atoms with Crippen molar-refractivity contribution in [3.8, 4) is 0 Å². The summed E-state index contributed by atoms with van der Waals surface area (Å²) in [7, 11) is 0. The molecular formula is C15H21NO3. The predicted molar refractivity (Wildman–Crippen MR) is 74.4 cm³/mol. The van der Waals surface area contributed by atoms with Gasteiger partial charge in [-0.2, -0.15) is 0 Å². The number of hydrogen-bond acceptors (Lipinski definition) is 4. The molecule has 0 amide bonds. The van der Waals surface area contributed by atoms with Crippen molar-refractivity contribution in [2.24, 2.45) is 0 Å². The maximum absolute atomic E-state index is 11.1. The molecule has 0 N–H and O–H groups in total. The fraction of sp³-hybridized carbons (Fsp3) is 0.533. The van der Waals surface area contributed by atoms with Gasteiger partial charge in [-0.05, 0) is 31.9 Å². The van der Waals surface area contributed by atoms with Crippen LogP contribution in [0.1, 0.15) is 19.4 Å². The van der Waals surface area contributed by atoms with E-state index in [4.69, 9.17) is 9.47 Å². The van der Waals surface area contributed by atoms with Crippen LogP contribution in [0.4, 0.5) is 5.69 Å². The van der Waals surface area contributed by atoms with Gasteiger partial charge in [-0.25, -0.2) is 4.79 Å². The molecule has 19 heavy (non-hydrogen) atoms. The number of fused-ring (bicyclic) bond motifs is 1. The van der Waals surface area contributed by atoms with Crippen LogP contribution in [-0.2, 0) is 20.7 Å². The molecule has 2 rings (SSSR count). The van der Waals surface area contributed by atoms with Gasteiger partial charge in [0.1, 0.15) is 6.61 Å². The maximum atomic E-state index is 11.1. The third kappa shape index (κ3) is 3.47. The van der Waals surface area contributed by atoms with Crippen molar-refractivity contribution >= 4 is 11.7 Å². The average Bonchev–Trinajstić information content (AvgIpc) is 2.71. The van der Waals surface area contributed by atoms with Crippen molar-refractivity contribution in [1.29, 1.82) is 0 Å². The Morgan fingerprint density at radius 3 is 3.00 bits per heavy atom. The van der Waals surface area contributed by atoms with Gasteiger partial charge in [0.25, 0.3) is 0 Å². The van der Waals surface area contributed by atoms with E-state index >= 15 is 0 Å². The van der Waals surface area contributed by atoms with Crippen LogP contribution < -0.4 is 4.90 Å². The average molecular weight is 263 g/mol.